The van der Waals surface area contributed by atoms with E-state index in [1.165, 1.54) is 82.0 Å². The zero-order chi connectivity index (χ0) is 24.0. The smallest absolute Gasteiger partial charge is 0.180 e. The molecule has 1 atom stereocenters. The third kappa shape index (κ3) is 8.53. The number of furan rings is 1. The Balaban J connectivity index is 1.49. The van der Waals surface area contributed by atoms with Crippen LogP contribution in [0.3, 0.4) is 0 Å². The summed E-state index contributed by atoms with van der Waals surface area (Å²) in [7, 11) is 0. The monoisotopic (exact) mass is 488 g/mol. The molecule has 0 radical (unpaired) electrons. The third-order valence-electron chi connectivity index (χ3n) is 7.05. The molecule has 0 aromatic carbocycles. The van der Waals surface area contributed by atoms with Crippen molar-refractivity contribution in [3.63, 3.8) is 0 Å². The molecule has 1 fully saturated rings. The Bertz CT molecular complexity index is 812. The average molecular weight is 489 g/mol. The van der Waals surface area contributed by atoms with Crippen LogP contribution in [-0.4, -0.2) is 24.0 Å². The number of rotatable bonds is 17. The number of hydrogen-bond acceptors (Lipinski definition) is 6. The van der Waals surface area contributed by atoms with Gasteiger partial charge in [-0.1, -0.05) is 84.0 Å². The highest BCUT2D eigenvalue weighted by Crippen LogP contribution is 2.40. The normalized spacial score (nSPS) is 15.6. The van der Waals surface area contributed by atoms with Gasteiger partial charge in [0.25, 0.3) is 0 Å². The number of ether oxygens (including phenoxy) is 1. The first-order chi connectivity index (χ1) is 16.7. The number of nitrogens with two attached hydrogens (primary N) is 1. The minimum absolute atomic E-state index is 0.0730. The molecule has 3 heterocycles. The van der Waals surface area contributed by atoms with Crippen molar-refractivity contribution < 1.29 is 13.9 Å². The molecule has 0 amide bonds. The zero-order valence-electron chi connectivity index (χ0n) is 21.1. The Kier molecular flexibility index (Phi) is 12.2. The molecule has 2 N–H and O–H groups in total. The van der Waals surface area contributed by atoms with Gasteiger partial charge in [-0.25, -0.2) is 4.98 Å². The third-order valence-corrected chi connectivity index (χ3v) is 8.05. The molecule has 1 unspecified atom stereocenters. The lowest BCUT2D eigenvalue weighted by Crippen LogP contribution is -2.28. The van der Waals surface area contributed by atoms with E-state index in [2.05, 4.69) is 11.9 Å². The summed E-state index contributed by atoms with van der Waals surface area (Å²) in [5, 5.41) is 0.501. The first-order valence-corrected chi connectivity index (χ1v) is 14.4. The molecule has 0 bridgehead atoms. The van der Waals surface area contributed by atoms with E-state index in [1.54, 1.807) is 6.26 Å². The van der Waals surface area contributed by atoms with Crippen LogP contribution in [0.4, 0.5) is 5.13 Å². The van der Waals surface area contributed by atoms with Gasteiger partial charge in [0.05, 0.1) is 12.2 Å². The molecule has 1 saturated heterocycles. The number of aromatic nitrogens is 1. The van der Waals surface area contributed by atoms with Gasteiger partial charge in [-0.2, -0.15) is 0 Å². The summed E-state index contributed by atoms with van der Waals surface area (Å²) >= 11 is 1.45. The number of thiazole rings is 1. The fourth-order valence-corrected chi connectivity index (χ4v) is 6.02. The standard InChI is InChI=1S/C28H44N2O3S/c1-2-3-4-5-6-7-8-9-10-11-12-13-15-23(26(31)22-17-20-32-21-18-22)27-25(30-28(29)34-27)24-16-14-19-33-24/h14,16,19,22-23H,2-13,15,17-18,20-21H2,1H3,(H2,29,30). The number of nitrogens with zero attached hydrogens (tertiary/aromatic N) is 1. The van der Waals surface area contributed by atoms with Crippen molar-refractivity contribution in [3.05, 3.63) is 23.3 Å². The second-order valence-electron chi connectivity index (χ2n) is 9.76. The van der Waals surface area contributed by atoms with Crippen molar-refractivity contribution in [3.8, 4) is 11.5 Å². The molecule has 34 heavy (non-hydrogen) atoms. The summed E-state index contributed by atoms with van der Waals surface area (Å²) in [6, 6.07) is 3.76. The molecular weight excluding hydrogens is 444 g/mol. The molecule has 1 aliphatic heterocycles. The predicted molar refractivity (Wildman–Crippen MR) is 141 cm³/mol. The number of carbonyl (C=O) groups excluding carboxylic acids is 1. The lowest BCUT2D eigenvalue weighted by Gasteiger charge is -2.25. The van der Waals surface area contributed by atoms with Crippen LogP contribution >= 0.6 is 11.3 Å². The Morgan fingerprint density at radius 1 is 1.03 bits per heavy atom. The summed E-state index contributed by atoms with van der Waals surface area (Å²) < 4.78 is 11.1. The fraction of sp³-hybridized carbons (Fsp3) is 0.714. The number of nitrogen functional groups attached to an aromatic ring is 1. The van der Waals surface area contributed by atoms with Crippen LogP contribution in [0.1, 0.15) is 114 Å². The molecule has 1 aliphatic rings. The van der Waals surface area contributed by atoms with E-state index in [-0.39, 0.29) is 11.8 Å². The molecule has 0 spiro atoms. The highest BCUT2D eigenvalue weighted by molar-refractivity contribution is 7.16. The van der Waals surface area contributed by atoms with Crippen LogP contribution in [-0.2, 0) is 9.53 Å². The second kappa shape index (κ2) is 15.4. The Morgan fingerprint density at radius 3 is 2.24 bits per heavy atom. The molecule has 0 aliphatic carbocycles. The van der Waals surface area contributed by atoms with Crippen molar-refractivity contribution in [2.45, 2.75) is 109 Å². The highest BCUT2D eigenvalue weighted by Gasteiger charge is 2.33. The molecule has 6 heteroatoms. The number of unbranched alkanes of at least 4 members (excludes halogenated alkanes) is 11. The van der Waals surface area contributed by atoms with Gasteiger partial charge >= 0.3 is 0 Å². The largest absolute Gasteiger partial charge is 0.463 e. The van der Waals surface area contributed by atoms with Crippen LogP contribution in [0.25, 0.3) is 11.5 Å². The quantitative estimate of drug-likeness (QED) is 0.227. The van der Waals surface area contributed by atoms with Crippen LogP contribution in [0.15, 0.2) is 22.8 Å². The summed E-state index contributed by atoms with van der Waals surface area (Å²) in [5.41, 5.74) is 6.85. The summed E-state index contributed by atoms with van der Waals surface area (Å²) in [6.07, 6.45) is 19.9. The highest BCUT2D eigenvalue weighted by atomic mass is 32.1. The van der Waals surface area contributed by atoms with E-state index in [4.69, 9.17) is 14.9 Å². The van der Waals surface area contributed by atoms with E-state index < -0.39 is 0 Å². The Hall–Kier alpha value is -1.66. The summed E-state index contributed by atoms with van der Waals surface area (Å²) in [6.45, 7) is 3.63. The molecule has 190 valence electrons. The number of Topliss-reactive ketones (excluding diaryl/α,β-unsaturated/α-hetero) is 1. The van der Waals surface area contributed by atoms with Crippen LogP contribution < -0.4 is 5.73 Å². The van der Waals surface area contributed by atoms with E-state index in [0.717, 1.165) is 36.3 Å². The lowest BCUT2D eigenvalue weighted by molar-refractivity contribution is -0.127. The van der Waals surface area contributed by atoms with Gasteiger partial charge in [0.2, 0.25) is 0 Å². The maximum absolute atomic E-state index is 13.6. The van der Waals surface area contributed by atoms with E-state index in [9.17, 15) is 4.79 Å². The summed E-state index contributed by atoms with van der Waals surface area (Å²) in [4.78, 5) is 19.1. The Morgan fingerprint density at radius 2 is 1.65 bits per heavy atom. The Labute approximate surface area is 209 Å². The van der Waals surface area contributed by atoms with Crippen molar-refractivity contribution >= 4 is 22.3 Å². The fourth-order valence-electron chi connectivity index (χ4n) is 5.03. The molecule has 0 saturated carbocycles. The van der Waals surface area contributed by atoms with Gasteiger partial charge in [0, 0.05) is 24.0 Å². The lowest BCUT2D eigenvalue weighted by atomic mass is 9.83. The van der Waals surface area contributed by atoms with E-state index in [1.807, 2.05) is 12.1 Å². The molecule has 3 rings (SSSR count). The van der Waals surface area contributed by atoms with Crippen LogP contribution in [0.5, 0.6) is 0 Å². The maximum atomic E-state index is 13.6. The van der Waals surface area contributed by atoms with Crippen molar-refractivity contribution in [1.82, 2.24) is 4.98 Å². The molecule has 2 aromatic rings. The molecular formula is C28H44N2O3S. The van der Waals surface area contributed by atoms with Gasteiger partial charge in [0.15, 0.2) is 10.9 Å². The molecule has 5 nitrogen and oxygen atoms in total. The summed E-state index contributed by atoms with van der Waals surface area (Å²) in [5.74, 6) is 0.954. The van der Waals surface area contributed by atoms with Gasteiger partial charge in [-0.3, -0.25) is 4.79 Å². The first-order valence-electron chi connectivity index (χ1n) is 13.6. The predicted octanol–water partition coefficient (Wildman–Crippen LogP) is 8.16. The average Bonchev–Trinajstić information content (AvgIpc) is 3.52. The second-order valence-corrected chi connectivity index (χ2v) is 10.8. The van der Waals surface area contributed by atoms with Gasteiger partial charge in [-0.15, -0.1) is 11.3 Å². The van der Waals surface area contributed by atoms with E-state index in [0.29, 0.717) is 29.9 Å². The molecule has 2 aromatic heterocycles. The van der Waals surface area contributed by atoms with Crippen molar-refractivity contribution in [2.24, 2.45) is 5.92 Å². The zero-order valence-corrected chi connectivity index (χ0v) is 21.9. The van der Waals surface area contributed by atoms with Gasteiger partial charge in [0.1, 0.15) is 11.5 Å². The first kappa shape index (κ1) is 26.9. The SMILES string of the molecule is CCCCCCCCCCCCCCC(C(=O)C1CCOCC1)c1sc(N)nc1-c1ccco1. The van der Waals surface area contributed by atoms with Gasteiger partial charge in [-0.05, 0) is 31.4 Å². The number of anilines is 1. The number of ketones is 1. The topological polar surface area (TPSA) is 78.4 Å². The minimum atomic E-state index is -0.152. The maximum Gasteiger partial charge on any atom is 0.180 e. The van der Waals surface area contributed by atoms with Crippen LogP contribution in [0.2, 0.25) is 0 Å². The number of hydrogen-bond donors (Lipinski definition) is 1. The van der Waals surface area contributed by atoms with Gasteiger partial charge < -0.3 is 14.9 Å². The van der Waals surface area contributed by atoms with Crippen LogP contribution in [0, 0.1) is 5.92 Å². The number of carbonyl (C=O) groups is 1. The van der Waals surface area contributed by atoms with E-state index >= 15 is 0 Å². The van der Waals surface area contributed by atoms with Crippen molar-refractivity contribution in [1.29, 1.82) is 0 Å². The minimum Gasteiger partial charge on any atom is -0.463 e. The van der Waals surface area contributed by atoms with Crippen molar-refractivity contribution in [2.75, 3.05) is 18.9 Å².